The van der Waals surface area contributed by atoms with Crippen LogP contribution in [0.5, 0.6) is 5.75 Å². The Labute approximate surface area is 127 Å². The number of benzene rings is 1. The highest BCUT2D eigenvalue weighted by molar-refractivity contribution is 5.75. The molecule has 0 saturated heterocycles. The van der Waals surface area contributed by atoms with Crippen molar-refractivity contribution in [2.45, 2.75) is 39.0 Å². The summed E-state index contributed by atoms with van der Waals surface area (Å²) in [4.78, 5) is 24.4. The highest BCUT2D eigenvalue weighted by Gasteiger charge is 2.28. The van der Waals surface area contributed by atoms with E-state index in [4.69, 9.17) is 4.74 Å². The van der Waals surface area contributed by atoms with Gasteiger partial charge >= 0.3 is 12.7 Å². The molecule has 0 spiro atoms. The zero-order valence-electron chi connectivity index (χ0n) is 12.9. The Bertz CT molecular complexity index is 529. The van der Waals surface area contributed by atoms with Crippen molar-refractivity contribution in [1.82, 2.24) is 4.90 Å². The molecule has 1 amide bonds. The summed E-state index contributed by atoms with van der Waals surface area (Å²) in [6.07, 6.45) is -0.270. The van der Waals surface area contributed by atoms with E-state index in [-0.39, 0.29) is 11.3 Å². The Hall–Kier alpha value is -2.18. The third kappa shape index (κ3) is 4.98. The Morgan fingerprint density at radius 3 is 2.36 bits per heavy atom. The Balaban J connectivity index is 3.06. The largest absolute Gasteiger partial charge is 0.444 e. The molecule has 7 heteroatoms. The zero-order valence-corrected chi connectivity index (χ0v) is 12.9. The first-order chi connectivity index (χ1) is 10.2. The van der Waals surface area contributed by atoms with Gasteiger partial charge in [-0.2, -0.15) is 8.78 Å². The predicted octanol–water partition coefficient (Wildman–Crippen LogP) is 3.39. The van der Waals surface area contributed by atoms with Crippen LogP contribution in [0.3, 0.4) is 0 Å². The number of halogens is 2. The summed E-state index contributed by atoms with van der Waals surface area (Å²) in [5.74, 6) is -0.162. The number of carbonyl (C=O) groups is 2. The zero-order chi connectivity index (χ0) is 16.9. The average Bonchev–Trinajstić information content (AvgIpc) is 2.38. The predicted molar refractivity (Wildman–Crippen MR) is 75.9 cm³/mol. The highest BCUT2D eigenvalue weighted by atomic mass is 19.3. The number of para-hydroxylation sites is 1. The maximum Gasteiger partial charge on any atom is 0.410 e. The summed E-state index contributed by atoms with van der Waals surface area (Å²) >= 11 is 0. The molecule has 0 aliphatic carbocycles. The molecule has 0 bridgehead atoms. The third-order valence-electron chi connectivity index (χ3n) is 2.68. The number of nitrogens with zero attached hydrogens (tertiary/aromatic N) is 1. The van der Waals surface area contributed by atoms with E-state index in [0.29, 0.717) is 6.29 Å². The SMILES string of the molecule is CN(C(=O)OC(C)(C)C)C(C=O)c1ccccc1OC(F)F. The lowest BCUT2D eigenvalue weighted by Crippen LogP contribution is -2.37. The van der Waals surface area contributed by atoms with Gasteiger partial charge in [0.2, 0.25) is 0 Å². The third-order valence-corrected chi connectivity index (χ3v) is 2.68. The van der Waals surface area contributed by atoms with E-state index < -0.39 is 24.3 Å². The number of rotatable bonds is 5. The fourth-order valence-electron chi connectivity index (χ4n) is 1.75. The molecule has 0 aliphatic rings. The standard InChI is InChI=1S/C15H19F2NO4/c1-15(2,3)22-14(20)18(4)11(9-19)10-7-5-6-8-12(10)21-13(16)17/h5-9,11,13H,1-4H3. The first-order valence-electron chi connectivity index (χ1n) is 6.60. The molecule has 1 aromatic carbocycles. The van der Waals surface area contributed by atoms with Crippen LogP contribution in [-0.2, 0) is 9.53 Å². The second-order valence-corrected chi connectivity index (χ2v) is 5.59. The molecule has 0 fully saturated rings. The lowest BCUT2D eigenvalue weighted by Gasteiger charge is -2.28. The van der Waals surface area contributed by atoms with Gasteiger partial charge in [0.1, 0.15) is 23.7 Å². The quantitative estimate of drug-likeness (QED) is 0.782. The van der Waals surface area contributed by atoms with Gasteiger partial charge in [-0.25, -0.2) is 4.79 Å². The van der Waals surface area contributed by atoms with Crippen LogP contribution < -0.4 is 4.74 Å². The van der Waals surface area contributed by atoms with Gasteiger partial charge in [0, 0.05) is 12.6 Å². The van der Waals surface area contributed by atoms with E-state index in [1.807, 2.05) is 0 Å². The smallest absolute Gasteiger partial charge is 0.410 e. The van der Waals surface area contributed by atoms with Crippen LogP contribution in [0.2, 0.25) is 0 Å². The molecule has 1 unspecified atom stereocenters. The van der Waals surface area contributed by atoms with Crippen LogP contribution >= 0.6 is 0 Å². The molecule has 1 rings (SSSR count). The Morgan fingerprint density at radius 1 is 1.27 bits per heavy atom. The van der Waals surface area contributed by atoms with Crippen molar-refractivity contribution in [3.63, 3.8) is 0 Å². The molecule has 0 radical (unpaired) electrons. The molecule has 0 N–H and O–H groups in total. The number of likely N-dealkylation sites (N-methyl/N-ethyl adjacent to an activating group) is 1. The number of alkyl halides is 2. The lowest BCUT2D eigenvalue weighted by molar-refractivity contribution is -0.112. The summed E-state index contributed by atoms with van der Waals surface area (Å²) < 4.78 is 34.4. The number of hydrogen-bond donors (Lipinski definition) is 0. The first-order valence-corrected chi connectivity index (χ1v) is 6.60. The fourth-order valence-corrected chi connectivity index (χ4v) is 1.75. The molecule has 5 nitrogen and oxygen atoms in total. The number of carbonyl (C=O) groups excluding carboxylic acids is 2. The Kier molecular flexibility index (Phi) is 5.84. The second kappa shape index (κ2) is 7.20. The van der Waals surface area contributed by atoms with Crippen molar-refractivity contribution in [2.75, 3.05) is 7.05 Å². The van der Waals surface area contributed by atoms with Crippen molar-refractivity contribution < 1.29 is 27.8 Å². The fraction of sp³-hybridized carbons (Fsp3) is 0.467. The van der Waals surface area contributed by atoms with E-state index >= 15 is 0 Å². The number of hydrogen-bond acceptors (Lipinski definition) is 4. The number of aldehydes is 1. The van der Waals surface area contributed by atoms with E-state index in [0.717, 1.165) is 4.90 Å². The maximum absolute atomic E-state index is 12.4. The van der Waals surface area contributed by atoms with E-state index in [9.17, 15) is 18.4 Å². The average molecular weight is 315 g/mol. The van der Waals surface area contributed by atoms with Crippen LogP contribution in [0.4, 0.5) is 13.6 Å². The van der Waals surface area contributed by atoms with Crippen molar-refractivity contribution >= 4 is 12.4 Å². The minimum atomic E-state index is -3.03. The van der Waals surface area contributed by atoms with Crippen molar-refractivity contribution in [3.05, 3.63) is 29.8 Å². The van der Waals surface area contributed by atoms with Gasteiger partial charge < -0.3 is 14.3 Å². The molecular weight excluding hydrogens is 296 g/mol. The van der Waals surface area contributed by atoms with Gasteiger partial charge in [-0.1, -0.05) is 18.2 Å². The molecule has 1 aromatic rings. The van der Waals surface area contributed by atoms with Crippen LogP contribution in [0.25, 0.3) is 0 Å². The van der Waals surface area contributed by atoms with Gasteiger partial charge in [0.05, 0.1) is 0 Å². The van der Waals surface area contributed by atoms with Gasteiger partial charge in [-0.15, -0.1) is 0 Å². The van der Waals surface area contributed by atoms with Gasteiger partial charge in [-0.3, -0.25) is 4.90 Å². The van der Waals surface area contributed by atoms with Gasteiger partial charge in [0.15, 0.2) is 0 Å². The monoisotopic (exact) mass is 315 g/mol. The minimum absolute atomic E-state index is 0.158. The topological polar surface area (TPSA) is 55.8 Å². The molecule has 0 heterocycles. The molecule has 0 saturated carbocycles. The van der Waals surface area contributed by atoms with Crippen molar-refractivity contribution in [2.24, 2.45) is 0 Å². The van der Waals surface area contributed by atoms with Crippen LogP contribution in [0.1, 0.15) is 32.4 Å². The minimum Gasteiger partial charge on any atom is -0.444 e. The summed E-state index contributed by atoms with van der Waals surface area (Å²) in [5.41, 5.74) is -0.580. The summed E-state index contributed by atoms with van der Waals surface area (Å²) in [6.45, 7) is 2.02. The van der Waals surface area contributed by atoms with E-state index in [1.165, 1.54) is 25.2 Å². The van der Waals surface area contributed by atoms with Crippen LogP contribution in [0, 0.1) is 0 Å². The second-order valence-electron chi connectivity index (χ2n) is 5.59. The number of amides is 1. The van der Waals surface area contributed by atoms with E-state index in [1.54, 1.807) is 26.8 Å². The Morgan fingerprint density at radius 2 is 1.86 bits per heavy atom. The van der Waals surface area contributed by atoms with Gasteiger partial charge in [-0.05, 0) is 26.8 Å². The lowest BCUT2D eigenvalue weighted by atomic mass is 10.1. The van der Waals surface area contributed by atoms with Crippen molar-refractivity contribution in [1.29, 1.82) is 0 Å². The molecule has 0 aromatic heterocycles. The number of ether oxygens (including phenoxy) is 2. The summed E-state index contributed by atoms with van der Waals surface area (Å²) in [5, 5.41) is 0. The normalized spacial score (nSPS) is 12.7. The maximum atomic E-state index is 12.4. The molecule has 122 valence electrons. The van der Waals surface area contributed by atoms with Gasteiger partial charge in [0.25, 0.3) is 0 Å². The van der Waals surface area contributed by atoms with Crippen molar-refractivity contribution in [3.8, 4) is 5.75 Å². The van der Waals surface area contributed by atoms with Crippen LogP contribution in [-0.4, -0.2) is 36.5 Å². The highest BCUT2D eigenvalue weighted by Crippen LogP contribution is 2.29. The van der Waals surface area contributed by atoms with E-state index in [2.05, 4.69) is 4.74 Å². The molecule has 22 heavy (non-hydrogen) atoms. The molecule has 1 atom stereocenters. The molecule has 0 aliphatic heterocycles. The molecular formula is C15H19F2NO4. The summed E-state index contributed by atoms with van der Waals surface area (Å²) in [7, 11) is 1.35. The summed E-state index contributed by atoms with van der Waals surface area (Å²) in [6, 6.07) is 4.71. The van der Waals surface area contributed by atoms with Crippen LogP contribution in [0.15, 0.2) is 24.3 Å². The first kappa shape index (κ1) is 17.9.